The maximum absolute atomic E-state index is 11.3. The molecule has 0 aliphatic carbocycles. The summed E-state index contributed by atoms with van der Waals surface area (Å²) < 4.78 is 27.7. The molecule has 0 spiro atoms. The second-order valence-electron chi connectivity index (χ2n) is 3.25. The van der Waals surface area contributed by atoms with Crippen LogP contribution in [-0.2, 0) is 14.6 Å². The lowest BCUT2D eigenvalue weighted by atomic mass is 10.4. The summed E-state index contributed by atoms with van der Waals surface area (Å²) in [7, 11) is -3.05. The molecule has 0 atom stereocenters. The summed E-state index contributed by atoms with van der Waals surface area (Å²) in [6, 6.07) is 0. The van der Waals surface area contributed by atoms with Crippen molar-refractivity contribution < 1.29 is 13.2 Å². The Hall–Kier alpha value is -0.570. The number of hydrogen-bond acceptors (Lipinski definition) is 4. The van der Waals surface area contributed by atoms with Crippen molar-refractivity contribution in [2.45, 2.75) is 0 Å². The van der Waals surface area contributed by atoms with E-state index < -0.39 is 9.84 Å². The third-order valence-corrected chi connectivity index (χ3v) is 3.54. The molecule has 0 radical (unpaired) electrons. The predicted octanol–water partition coefficient (Wildman–Crippen LogP) is -0.633. The van der Waals surface area contributed by atoms with E-state index in [2.05, 4.69) is 10.8 Å². The normalized spacial score (nSPS) is 19.1. The molecule has 0 saturated carbocycles. The molecule has 0 aromatic heterocycles. The molecule has 4 nitrogen and oxygen atoms in total. The second-order valence-corrected chi connectivity index (χ2v) is 5.43. The van der Waals surface area contributed by atoms with Crippen LogP contribution in [0.4, 0.5) is 0 Å². The van der Waals surface area contributed by atoms with Crippen LogP contribution in [0.15, 0.2) is 0 Å². The number of morpholine rings is 1. The van der Waals surface area contributed by atoms with E-state index in [-0.39, 0.29) is 11.5 Å². The molecule has 5 heteroatoms. The van der Waals surface area contributed by atoms with Crippen LogP contribution in [0.1, 0.15) is 0 Å². The molecular formula is C9H15NO3S. The van der Waals surface area contributed by atoms with Gasteiger partial charge in [-0.3, -0.25) is 4.90 Å². The van der Waals surface area contributed by atoms with Gasteiger partial charge in [-0.2, -0.15) is 0 Å². The van der Waals surface area contributed by atoms with Gasteiger partial charge < -0.3 is 4.74 Å². The minimum Gasteiger partial charge on any atom is -0.379 e. The molecule has 0 bridgehead atoms. The molecule has 0 amide bonds. The highest BCUT2D eigenvalue weighted by molar-refractivity contribution is 7.91. The van der Waals surface area contributed by atoms with Crippen LogP contribution in [0.5, 0.6) is 0 Å². The van der Waals surface area contributed by atoms with Gasteiger partial charge in [0.05, 0.1) is 19.0 Å². The van der Waals surface area contributed by atoms with E-state index >= 15 is 0 Å². The van der Waals surface area contributed by atoms with E-state index in [1.54, 1.807) is 0 Å². The van der Waals surface area contributed by atoms with Gasteiger partial charge in [0.2, 0.25) is 0 Å². The zero-order valence-corrected chi connectivity index (χ0v) is 8.92. The maximum atomic E-state index is 11.3. The van der Waals surface area contributed by atoms with Crippen molar-refractivity contribution in [1.82, 2.24) is 4.90 Å². The van der Waals surface area contributed by atoms with E-state index in [0.29, 0.717) is 19.8 Å². The number of sulfone groups is 1. The molecular weight excluding hydrogens is 202 g/mol. The minimum absolute atomic E-state index is 0.150. The maximum Gasteiger partial charge on any atom is 0.162 e. The van der Waals surface area contributed by atoms with E-state index in [4.69, 9.17) is 11.2 Å². The monoisotopic (exact) mass is 217 g/mol. The van der Waals surface area contributed by atoms with E-state index in [9.17, 15) is 8.42 Å². The van der Waals surface area contributed by atoms with Gasteiger partial charge in [0, 0.05) is 19.6 Å². The van der Waals surface area contributed by atoms with Gasteiger partial charge in [0.1, 0.15) is 5.75 Å². The highest BCUT2D eigenvalue weighted by atomic mass is 32.2. The zero-order valence-electron chi connectivity index (χ0n) is 8.11. The highest BCUT2D eigenvalue weighted by Crippen LogP contribution is 1.98. The fourth-order valence-electron chi connectivity index (χ4n) is 1.29. The Balaban J connectivity index is 2.29. The van der Waals surface area contributed by atoms with Crippen LogP contribution in [-0.4, -0.2) is 57.7 Å². The lowest BCUT2D eigenvalue weighted by Gasteiger charge is -2.26. The third-order valence-electron chi connectivity index (χ3n) is 2.13. The first kappa shape index (κ1) is 11.5. The lowest BCUT2D eigenvalue weighted by Crippen LogP contribution is -2.39. The number of ether oxygens (including phenoxy) is 1. The zero-order chi connectivity index (χ0) is 10.4. The van der Waals surface area contributed by atoms with Crippen LogP contribution >= 0.6 is 0 Å². The molecule has 1 fully saturated rings. The summed E-state index contributed by atoms with van der Waals surface area (Å²) in [6.45, 7) is 3.56. The Kier molecular flexibility index (Phi) is 4.39. The van der Waals surface area contributed by atoms with Crippen LogP contribution < -0.4 is 0 Å². The standard InChI is InChI=1S/C9H15NO3S/c1-2-8-14(11,12)9-5-10-3-6-13-7-4-10/h1H,3-9H2. The summed E-state index contributed by atoms with van der Waals surface area (Å²) in [5, 5.41) is 0. The Bertz CT molecular complexity index is 299. The minimum atomic E-state index is -3.05. The molecule has 1 aliphatic heterocycles. The van der Waals surface area contributed by atoms with Crippen LogP contribution in [0.2, 0.25) is 0 Å². The van der Waals surface area contributed by atoms with Gasteiger partial charge in [-0.25, -0.2) is 8.42 Å². The molecule has 1 rings (SSSR count). The summed E-state index contributed by atoms with van der Waals surface area (Å²) in [5.41, 5.74) is 0. The van der Waals surface area contributed by atoms with Gasteiger partial charge in [0.15, 0.2) is 9.84 Å². The molecule has 1 heterocycles. The molecule has 0 aromatic carbocycles. The average Bonchev–Trinajstić information content (AvgIpc) is 2.17. The number of hydrogen-bond donors (Lipinski definition) is 0. The third kappa shape index (κ3) is 4.09. The SMILES string of the molecule is C#CCS(=O)(=O)CCN1CCOCC1. The smallest absolute Gasteiger partial charge is 0.162 e. The first-order valence-corrected chi connectivity index (χ1v) is 6.40. The Labute approximate surface area is 85.2 Å². The Morgan fingerprint density at radius 3 is 2.57 bits per heavy atom. The highest BCUT2D eigenvalue weighted by Gasteiger charge is 2.14. The molecule has 0 aromatic rings. The Morgan fingerprint density at radius 1 is 1.36 bits per heavy atom. The largest absolute Gasteiger partial charge is 0.379 e. The lowest BCUT2D eigenvalue weighted by molar-refractivity contribution is 0.0408. The predicted molar refractivity (Wildman–Crippen MR) is 54.7 cm³/mol. The number of nitrogens with zero attached hydrogens (tertiary/aromatic N) is 1. The van der Waals surface area contributed by atoms with E-state index in [1.807, 2.05) is 0 Å². The molecule has 1 saturated heterocycles. The van der Waals surface area contributed by atoms with E-state index in [0.717, 1.165) is 13.1 Å². The van der Waals surface area contributed by atoms with Crippen molar-refractivity contribution in [3.05, 3.63) is 0 Å². The molecule has 14 heavy (non-hydrogen) atoms. The van der Waals surface area contributed by atoms with Crippen LogP contribution in [0, 0.1) is 12.3 Å². The van der Waals surface area contributed by atoms with Crippen molar-refractivity contribution in [1.29, 1.82) is 0 Å². The summed E-state index contributed by atoms with van der Waals surface area (Å²) >= 11 is 0. The first-order valence-electron chi connectivity index (χ1n) is 4.58. The fraction of sp³-hybridized carbons (Fsp3) is 0.778. The number of rotatable bonds is 4. The second kappa shape index (κ2) is 5.35. The van der Waals surface area contributed by atoms with Crippen molar-refractivity contribution in [2.24, 2.45) is 0 Å². The van der Waals surface area contributed by atoms with Gasteiger partial charge in [-0.05, 0) is 0 Å². The Morgan fingerprint density at radius 2 is 2.00 bits per heavy atom. The fourth-order valence-corrected chi connectivity index (χ4v) is 2.23. The topological polar surface area (TPSA) is 46.6 Å². The van der Waals surface area contributed by atoms with Crippen molar-refractivity contribution >= 4 is 9.84 Å². The molecule has 1 aliphatic rings. The van der Waals surface area contributed by atoms with E-state index in [1.165, 1.54) is 0 Å². The summed E-state index contributed by atoms with van der Waals surface area (Å²) in [6.07, 6.45) is 4.96. The van der Waals surface area contributed by atoms with Gasteiger partial charge >= 0.3 is 0 Å². The van der Waals surface area contributed by atoms with Crippen molar-refractivity contribution in [2.75, 3.05) is 44.4 Å². The van der Waals surface area contributed by atoms with Crippen molar-refractivity contribution in [3.63, 3.8) is 0 Å². The van der Waals surface area contributed by atoms with Gasteiger partial charge in [-0.1, -0.05) is 5.92 Å². The van der Waals surface area contributed by atoms with Crippen LogP contribution in [0.25, 0.3) is 0 Å². The molecule has 0 N–H and O–H groups in total. The van der Waals surface area contributed by atoms with Crippen LogP contribution in [0.3, 0.4) is 0 Å². The van der Waals surface area contributed by atoms with Crippen molar-refractivity contribution in [3.8, 4) is 12.3 Å². The summed E-state index contributed by atoms with van der Waals surface area (Å²) in [5.74, 6) is 2.16. The molecule has 80 valence electrons. The van der Waals surface area contributed by atoms with Gasteiger partial charge in [-0.15, -0.1) is 6.42 Å². The summed E-state index contributed by atoms with van der Waals surface area (Å²) in [4.78, 5) is 2.08. The quantitative estimate of drug-likeness (QED) is 0.588. The van der Waals surface area contributed by atoms with Gasteiger partial charge in [0.25, 0.3) is 0 Å². The average molecular weight is 217 g/mol. The molecule has 0 unspecified atom stereocenters. The first-order chi connectivity index (χ1) is 6.64. The number of terminal acetylenes is 1.